The number of ether oxygens (including phenoxy) is 2. The summed E-state index contributed by atoms with van der Waals surface area (Å²) in [6.45, 7) is 3.09. The number of rotatable bonds is 7. The molecule has 3 aromatic rings. The number of aromatic nitrogens is 1. The van der Waals surface area contributed by atoms with Crippen LogP contribution >= 0.6 is 0 Å². The van der Waals surface area contributed by atoms with Crippen LogP contribution in [0.1, 0.15) is 23.0 Å². The van der Waals surface area contributed by atoms with Crippen LogP contribution in [0.3, 0.4) is 0 Å². The number of para-hydroxylation sites is 1. The molecule has 0 saturated heterocycles. The molecule has 0 spiro atoms. The van der Waals surface area contributed by atoms with Gasteiger partial charge in [-0.3, -0.25) is 4.79 Å². The SMILES string of the molecule is CCOc1ccc(CCNC(=O)c2cc3ccccc3n2C)cc1OC. The molecule has 5 nitrogen and oxygen atoms in total. The van der Waals surface area contributed by atoms with Crippen molar-refractivity contribution >= 4 is 16.8 Å². The van der Waals surface area contributed by atoms with E-state index in [0.717, 1.165) is 28.6 Å². The van der Waals surface area contributed by atoms with Gasteiger partial charge in [0.1, 0.15) is 5.69 Å². The van der Waals surface area contributed by atoms with Gasteiger partial charge in [0, 0.05) is 24.5 Å². The zero-order valence-corrected chi connectivity index (χ0v) is 15.4. The highest BCUT2D eigenvalue weighted by Gasteiger charge is 2.12. The lowest BCUT2D eigenvalue weighted by Crippen LogP contribution is -2.27. The summed E-state index contributed by atoms with van der Waals surface area (Å²) in [4.78, 5) is 12.5. The van der Waals surface area contributed by atoms with E-state index in [4.69, 9.17) is 9.47 Å². The third-order valence-corrected chi connectivity index (χ3v) is 4.41. The molecular weight excluding hydrogens is 328 g/mol. The van der Waals surface area contributed by atoms with Crippen molar-refractivity contribution in [3.05, 3.63) is 59.8 Å². The predicted octanol–water partition coefficient (Wildman–Crippen LogP) is 3.56. The Bertz CT molecular complexity index is 915. The van der Waals surface area contributed by atoms with E-state index in [2.05, 4.69) is 5.32 Å². The minimum Gasteiger partial charge on any atom is -0.493 e. The van der Waals surface area contributed by atoms with Crippen molar-refractivity contribution in [3.8, 4) is 11.5 Å². The Morgan fingerprint density at radius 2 is 1.92 bits per heavy atom. The summed E-state index contributed by atoms with van der Waals surface area (Å²) < 4.78 is 12.8. The van der Waals surface area contributed by atoms with Crippen molar-refractivity contribution in [2.75, 3.05) is 20.3 Å². The fraction of sp³-hybridized carbons (Fsp3) is 0.286. The standard InChI is InChI=1S/C21H24N2O3/c1-4-26-19-10-9-15(13-20(19)25-3)11-12-22-21(24)18-14-16-7-5-6-8-17(16)23(18)2/h5-10,13-14H,4,11-12H2,1-3H3,(H,22,24). The average Bonchev–Trinajstić information content (AvgIpc) is 3.00. The third kappa shape index (κ3) is 3.67. The highest BCUT2D eigenvalue weighted by molar-refractivity contribution is 5.98. The minimum absolute atomic E-state index is 0.0680. The summed E-state index contributed by atoms with van der Waals surface area (Å²) in [5, 5.41) is 4.06. The van der Waals surface area contributed by atoms with Crippen LogP contribution in [0.4, 0.5) is 0 Å². The monoisotopic (exact) mass is 352 g/mol. The van der Waals surface area contributed by atoms with Crippen LogP contribution < -0.4 is 14.8 Å². The van der Waals surface area contributed by atoms with Crippen LogP contribution in [0.5, 0.6) is 11.5 Å². The second kappa shape index (κ2) is 7.95. The van der Waals surface area contributed by atoms with Crippen molar-refractivity contribution in [2.45, 2.75) is 13.3 Å². The predicted molar refractivity (Wildman–Crippen MR) is 103 cm³/mol. The molecule has 0 atom stereocenters. The topological polar surface area (TPSA) is 52.5 Å². The normalized spacial score (nSPS) is 10.7. The maximum absolute atomic E-state index is 12.5. The zero-order valence-electron chi connectivity index (χ0n) is 15.4. The Balaban J connectivity index is 1.64. The molecule has 3 rings (SSSR count). The van der Waals surface area contributed by atoms with E-state index in [1.165, 1.54) is 0 Å². The van der Waals surface area contributed by atoms with Gasteiger partial charge in [-0.05, 0) is 43.2 Å². The maximum atomic E-state index is 12.5. The van der Waals surface area contributed by atoms with Gasteiger partial charge in [0.05, 0.1) is 13.7 Å². The lowest BCUT2D eigenvalue weighted by Gasteiger charge is -2.11. The number of benzene rings is 2. The molecule has 0 aliphatic carbocycles. The first-order chi connectivity index (χ1) is 12.6. The quantitative estimate of drug-likeness (QED) is 0.707. The van der Waals surface area contributed by atoms with Gasteiger partial charge in [-0.1, -0.05) is 24.3 Å². The van der Waals surface area contributed by atoms with E-state index in [1.54, 1.807) is 7.11 Å². The number of nitrogens with zero attached hydrogens (tertiary/aromatic N) is 1. The number of methoxy groups -OCH3 is 1. The van der Waals surface area contributed by atoms with Crippen LogP contribution in [0, 0.1) is 0 Å². The molecule has 1 heterocycles. The molecule has 0 saturated carbocycles. The van der Waals surface area contributed by atoms with E-state index in [-0.39, 0.29) is 5.91 Å². The number of nitrogens with one attached hydrogen (secondary N) is 1. The third-order valence-electron chi connectivity index (χ3n) is 4.41. The average molecular weight is 352 g/mol. The van der Waals surface area contributed by atoms with Gasteiger partial charge in [0.2, 0.25) is 0 Å². The summed E-state index contributed by atoms with van der Waals surface area (Å²) >= 11 is 0. The van der Waals surface area contributed by atoms with Crippen LogP contribution in [0.25, 0.3) is 10.9 Å². The van der Waals surface area contributed by atoms with Gasteiger partial charge in [0.15, 0.2) is 11.5 Å². The first-order valence-corrected chi connectivity index (χ1v) is 8.76. The molecule has 136 valence electrons. The molecule has 1 amide bonds. The van der Waals surface area contributed by atoms with Gasteiger partial charge < -0.3 is 19.4 Å². The van der Waals surface area contributed by atoms with Crippen LogP contribution in [0.15, 0.2) is 48.5 Å². The highest BCUT2D eigenvalue weighted by atomic mass is 16.5. The largest absolute Gasteiger partial charge is 0.493 e. The van der Waals surface area contributed by atoms with Gasteiger partial charge in [-0.25, -0.2) is 0 Å². The van der Waals surface area contributed by atoms with Gasteiger partial charge in [-0.2, -0.15) is 0 Å². The molecule has 0 aliphatic rings. The van der Waals surface area contributed by atoms with E-state index in [0.29, 0.717) is 24.6 Å². The number of hydrogen-bond donors (Lipinski definition) is 1. The Labute approximate surface area is 153 Å². The fourth-order valence-electron chi connectivity index (χ4n) is 3.06. The molecule has 0 radical (unpaired) electrons. The molecule has 0 aliphatic heterocycles. The number of carbonyl (C=O) groups is 1. The summed E-state index contributed by atoms with van der Waals surface area (Å²) in [6, 6.07) is 15.8. The summed E-state index contributed by atoms with van der Waals surface area (Å²) in [5.41, 5.74) is 2.80. The van der Waals surface area contributed by atoms with Crippen molar-refractivity contribution in [2.24, 2.45) is 7.05 Å². The van der Waals surface area contributed by atoms with Gasteiger partial charge in [-0.15, -0.1) is 0 Å². The second-order valence-electron chi connectivity index (χ2n) is 6.07. The van der Waals surface area contributed by atoms with Crippen LogP contribution in [0.2, 0.25) is 0 Å². The molecule has 1 N–H and O–H groups in total. The number of aryl methyl sites for hydroxylation is 1. The number of fused-ring (bicyclic) bond motifs is 1. The van der Waals surface area contributed by atoms with Gasteiger partial charge >= 0.3 is 0 Å². The first kappa shape index (κ1) is 17.9. The molecule has 5 heteroatoms. The van der Waals surface area contributed by atoms with Gasteiger partial charge in [0.25, 0.3) is 5.91 Å². The summed E-state index contributed by atoms with van der Waals surface area (Å²) in [7, 11) is 3.54. The lowest BCUT2D eigenvalue weighted by molar-refractivity contribution is 0.0946. The van der Waals surface area contributed by atoms with Crippen molar-refractivity contribution in [3.63, 3.8) is 0 Å². The molecule has 0 unspecified atom stereocenters. The van der Waals surface area contributed by atoms with Crippen molar-refractivity contribution < 1.29 is 14.3 Å². The van der Waals surface area contributed by atoms with E-state index in [9.17, 15) is 4.79 Å². The second-order valence-corrected chi connectivity index (χ2v) is 6.07. The Kier molecular flexibility index (Phi) is 5.46. The van der Waals surface area contributed by atoms with E-state index in [1.807, 2.05) is 67.1 Å². The molecular formula is C21H24N2O3. The van der Waals surface area contributed by atoms with Crippen LogP contribution in [-0.2, 0) is 13.5 Å². The zero-order chi connectivity index (χ0) is 18.5. The molecule has 0 bridgehead atoms. The fourth-order valence-corrected chi connectivity index (χ4v) is 3.06. The highest BCUT2D eigenvalue weighted by Crippen LogP contribution is 2.28. The number of carbonyl (C=O) groups excluding carboxylic acids is 1. The number of amides is 1. The molecule has 2 aromatic carbocycles. The molecule has 26 heavy (non-hydrogen) atoms. The van der Waals surface area contributed by atoms with Crippen molar-refractivity contribution in [1.82, 2.24) is 9.88 Å². The summed E-state index contributed by atoms with van der Waals surface area (Å²) in [6.07, 6.45) is 0.721. The maximum Gasteiger partial charge on any atom is 0.267 e. The van der Waals surface area contributed by atoms with Crippen molar-refractivity contribution in [1.29, 1.82) is 0 Å². The Hall–Kier alpha value is -2.95. The Morgan fingerprint density at radius 3 is 2.65 bits per heavy atom. The smallest absolute Gasteiger partial charge is 0.267 e. The first-order valence-electron chi connectivity index (χ1n) is 8.76. The lowest BCUT2D eigenvalue weighted by atomic mass is 10.1. The van der Waals surface area contributed by atoms with Crippen LogP contribution in [-0.4, -0.2) is 30.7 Å². The summed E-state index contributed by atoms with van der Waals surface area (Å²) in [5.74, 6) is 1.38. The Morgan fingerprint density at radius 1 is 1.12 bits per heavy atom. The molecule has 1 aromatic heterocycles. The van der Waals surface area contributed by atoms with E-state index < -0.39 is 0 Å². The minimum atomic E-state index is -0.0680. The van der Waals surface area contributed by atoms with E-state index >= 15 is 0 Å². The number of hydrogen-bond acceptors (Lipinski definition) is 3. The molecule has 0 fully saturated rings.